The van der Waals surface area contributed by atoms with Gasteiger partial charge in [0.15, 0.2) is 0 Å². The van der Waals surface area contributed by atoms with Gasteiger partial charge in [-0.1, -0.05) is 6.92 Å². The van der Waals surface area contributed by atoms with E-state index in [0.717, 1.165) is 4.90 Å². The molecule has 122 valence electrons. The normalized spacial score (nSPS) is 24.0. The lowest BCUT2D eigenvalue weighted by molar-refractivity contribution is -0.148. The monoisotopic (exact) mass is 322 g/mol. The Morgan fingerprint density at radius 2 is 2.10 bits per heavy atom. The van der Waals surface area contributed by atoms with Crippen LogP contribution in [0.25, 0.3) is 0 Å². The Hall–Kier alpha value is -1.19. The number of carboxylic acids is 1. The number of ether oxygens (including phenoxy) is 1. The Morgan fingerprint density at radius 1 is 1.48 bits per heavy atom. The molecule has 1 saturated heterocycles. The van der Waals surface area contributed by atoms with Crippen molar-refractivity contribution < 1.29 is 27.9 Å². The minimum Gasteiger partial charge on any atom is -0.480 e. The van der Waals surface area contributed by atoms with Gasteiger partial charge in [-0.05, 0) is 13.3 Å². The second kappa shape index (κ2) is 7.19. The fourth-order valence-corrected chi connectivity index (χ4v) is 3.64. The van der Waals surface area contributed by atoms with E-state index in [1.54, 1.807) is 6.92 Å². The Kier molecular flexibility index (Phi) is 6.11. The summed E-state index contributed by atoms with van der Waals surface area (Å²) in [5, 5.41) is 9.16. The fraction of sp³-hybridized carbons (Fsp3) is 0.833. The average molecular weight is 322 g/mol. The van der Waals surface area contributed by atoms with Crippen LogP contribution < -0.4 is 4.72 Å². The lowest BCUT2D eigenvalue weighted by atomic mass is 10.2. The molecular formula is C12H22N2O6S. The van der Waals surface area contributed by atoms with Gasteiger partial charge in [0.2, 0.25) is 15.9 Å². The van der Waals surface area contributed by atoms with Crippen LogP contribution in [-0.4, -0.2) is 67.9 Å². The number of rotatable bonds is 7. The van der Waals surface area contributed by atoms with Crippen molar-refractivity contribution in [3.05, 3.63) is 0 Å². The molecule has 3 atom stereocenters. The van der Waals surface area contributed by atoms with Crippen LogP contribution >= 0.6 is 0 Å². The molecule has 0 aromatic carbocycles. The Bertz CT molecular complexity index is 492. The van der Waals surface area contributed by atoms with E-state index in [2.05, 4.69) is 4.72 Å². The van der Waals surface area contributed by atoms with Crippen molar-refractivity contribution in [1.29, 1.82) is 0 Å². The fourth-order valence-electron chi connectivity index (χ4n) is 2.34. The van der Waals surface area contributed by atoms with Crippen LogP contribution in [0.3, 0.4) is 0 Å². The number of amides is 1. The number of sulfonamides is 1. The van der Waals surface area contributed by atoms with Crippen molar-refractivity contribution in [2.24, 2.45) is 0 Å². The zero-order valence-corrected chi connectivity index (χ0v) is 13.2. The maximum absolute atomic E-state index is 12.3. The van der Waals surface area contributed by atoms with Crippen molar-refractivity contribution in [3.8, 4) is 0 Å². The summed E-state index contributed by atoms with van der Waals surface area (Å²) in [7, 11) is -2.09. The summed E-state index contributed by atoms with van der Waals surface area (Å²) >= 11 is 0. The summed E-state index contributed by atoms with van der Waals surface area (Å²) < 4.78 is 30.7. The molecular weight excluding hydrogens is 300 g/mol. The number of methoxy groups -OCH3 is 1. The standard InChI is InChI=1S/C12H22N2O6S/c1-4-5-21(18,19)13-8(2)11(15)14-7-9(20-3)6-10(14)12(16)17/h8-10,13H,4-7H2,1-3H3,(H,16,17). The van der Waals surface area contributed by atoms with Gasteiger partial charge in [0.1, 0.15) is 6.04 Å². The van der Waals surface area contributed by atoms with Crippen molar-refractivity contribution in [2.45, 2.75) is 44.9 Å². The summed E-state index contributed by atoms with van der Waals surface area (Å²) in [5.74, 6) is -1.75. The summed E-state index contributed by atoms with van der Waals surface area (Å²) in [6.07, 6.45) is 0.282. The maximum Gasteiger partial charge on any atom is 0.326 e. The van der Waals surface area contributed by atoms with E-state index in [-0.39, 0.29) is 24.8 Å². The highest BCUT2D eigenvalue weighted by Gasteiger charge is 2.41. The highest BCUT2D eigenvalue weighted by atomic mass is 32.2. The van der Waals surface area contributed by atoms with Crippen LogP contribution in [0.15, 0.2) is 0 Å². The van der Waals surface area contributed by atoms with Gasteiger partial charge in [-0.15, -0.1) is 0 Å². The van der Waals surface area contributed by atoms with E-state index < -0.39 is 34.0 Å². The quantitative estimate of drug-likeness (QED) is 0.647. The van der Waals surface area contributed by atoms with Crippen LogP contribution in [-0.2, 0) is 24.3 Å². The SMILES string of the molecule is CCCS(=O)(=O)NC(C)C(=O)N1CC(OC)CC1C(=O)O. The third-order valence-corrected chi connectivity index (χ3v) is 5.02. The molecule has 3 unspecified atom stereocenters. The van der Waals surface area contributed by atoms with E-state index in [1.807, 2.05) is 0 Å². The number of hydrogen-bond acceptors (Lipinski definition) is 5. The van der Waals surface area contributed by atoms with Gasteiger partial charge in [0.05, 0.1) is 17.9 Å². The van der Waals surface area contributed by atoms with Gasteiger partial charge in [-0.3, -0.25) is 4.79 Å². The number of nitrogens with one attached hydrogen (secondary N) is 1. The lowest BCUT2D eigenvalue weighted by Crippen LogP contribution is -2.50. The molecule has 1 heterocycles. The molecule has 0 saturated carbocycles. The zero-order chi connectivity index (χ0) is 16.2. The van der Waals surface area contributed by atoms with E-state index in [1.165, 1.54) is 14.0 Å². The van der Waals surface area contributed by atoms with Crippen molar-refractivity contribution in [2.75, 3.05) is 19.4 Å². The van der Waals surface area contributed by atoms with Crippen LogP contribution in [0.2, 0.25) is 0 Å². The third-order valence-electron chi connectivity index (χ3n) is 3.36. The second-order valence-electron chi connectivity index (χ2n) is 5.10. The summed E-state index contributed by atoms with van der Waals surface area (Å²) in [5.41, 5.74) is 0. The van der Waals surface area contributed by atoms with E-state index in [0.29, 0.717) is 6.42 Å². The summed E-state index contributed by atoms with van der Waals surface area (Å²) in [6, 6.07) is -1.99. The highest BCUT2D eigenvalue weighted by Crippen LogP contribution is 2.21. The first-order valence-electron chi connectivity index (χ1n) is 6.78. The number of nitrogens with zero attached hydrogens (tertiary/aromatic N) is 1. The van der Waals surface area contributed by atoms with Crippen molar-refractivity contribution >= 4 is 21.9 Å². The summed E-state index contributed by atoms with van der Waals surface area (Å²) in [6.45, 7) is 3.27. The second-order valence-corrected chi connectivity index (χ2v) is 6.97. The number of aliphatic carboxylic acids is 1. The number of carbonyl (C=O) groups excluding carboxylic acids is 1. The van der Waals surface area contributed by atoms with Gasteiger partial charge < -0.3 is 14.7 Å². The molecule has 1 aliphatic rings. The first-order chi connectivity index (χ1) is 9.71. The zero-order valence-electron chi connectivity index (χ0n) is 12.4. The first kappa shape index (κ1) is 17.9. The van der Waals surface area contributed by atoms with Gasteiger partial charge in [-0.2, -0.15) is 0 Å². The lowest BCUT2D eigenvalue weighted by Gasteiger charge is -2.25. The van der Waals surface area contributed by atoms with E-state index >= 15 is 0 Å². The van der Waals surface area contributed by atoms with Crippen LogP contribution in [0, 0.1) is 0 Å². The van der Waals surface area contributed by atoms with Crippen molar-refractivity contribution in [1.82, 2.24) is 9.62 Å². The number of carboxylic acid groups (broad SMARTS) is 1. The number of likely N-dealkylation sites (tertiary alicyclic amines) is 1. The Morgan fingerprint density at radius 3 is 2.57 bits per heavy atom. The van der Waals surface area contributed by atoms with Gasteiger partial charge >= 0.3 is 5.97 Å². The first-order valence-corrected chi connectivity index (χ1v) is 8.43. The van der Waals surface area contributed by atoms with E-state index in [4.69, 9.17) is 9.84 Å². The van der Waals surface area contributed by atoms with Crippen LogP contribution in [0.1, 0.15) is 26.7 Å². The van der Waals surface area contributed by atoms with Gasteiger partial charge in [-0.25, -0.2) is 17.9 Å². The molecule has 0 aliphatic carbocycles. The van der Waals surface area contributed by atoms with Gasteiger partial charge in [0.25, 0.3) is 0 Å². The smallest absolute Gasteiger partial charge is 0.326 e. The number of hydrogen-bond donors (Lipinski definition) is 2. The number of carbonyl (C=O) groups is 2. The highest BCUT2D eigenvalue weighted by molar-refractivity contribution is 7.89. The topological polar surface area (TPSA) is 113 Å². The molecule has 21 heavy (non-hydrogen) atoms. The molecule has 1 aliphatic heterocycles. The minimum absolute atomic E-state index is 0.0757. The third kappa shape index (κ3) is 4.65. The molecule has 0 spiro atoms. The minimum atomic E-state index is -3.54. The molecule has 1 rings (SSSR count). The molecule has 0 radical (unpaired) electrons. The molecule has 8 nitrogen and oxygen atoms in total. The molecule has 0 bridgehead atoms. The Balaban J connectivity index is 2.79. The molecule has 1 fully saturated rings. The predicted octanol–water partition coefficient (Wildman–Crippen LogP) is -0.595. The maximum atomic E-state index is 12.3. The average Bonchev–Trinajstić information content (AvgIpc) is 2.81. The van der Waals surface area contributed by atoms with E-state index in [9.17, 15) is 18.0 Å². The molecule has 9 heteroatoms. The Labute approximate surface area is 124 Å². The van der Waals surface area contributed by atoms with Crippen LogP contribution in [0.4, 0.5) is 0 Å². The van der Waals surface area contributed by atoms with Crippen molar-refractivity contribution in [3.63, 3.8) is 0 Å². The summed E-state index contributed by atoms with van der Waals surface area (Å²) in [4.78, 5) is 24.6. The van der Waals surface area contributed by atoms with Crippen LogP contribution in [0.5, 0.6) is 0 Å². The molecule has 1 amide bonds. The molecule has 2 N–H and O–H groups in total. The van der Waals surface area contributed by atoms with Gasteiger partial charge in [0, 0.05) is 20.1 Å². The predicted molar refractivity (Wildman–Crippen MR) is 75.2 cm³/mol. The largest absolute Gasteiger partial charge is 0.480 e. The molecule has 0 aromatic heterocycles. The molecule has 0 aromatic rings.